The van der Waals surface area contributed by atoms with Crippen LogP contribution in [0.15, 0.2) is 48.5 Å². The molecular weight excluding hydrogens is 314 g/mol. The number of benzene rings is 2. The lowest BCUT2D eigenvalue weighted by Gasteiger charge is -2.21. The number of ether oxygens (including phenoxy) is 2. The minimum absolute atomic E-state index is 0.107. The van der Waals surface area contributed by atoms with Gasteiger partial charge >= 0.3 is 0 Å². The van der Waals surface area contributed by atoms with Gasteiger partial charge in [0.2, 0.25) is 0 Å². The largest absolute Gasteiger partial charge is 0.491 e. The summed E-state index contributed by atoms with van der Waals surface area (Å²) >= 11 is 0. The van der Waals surface area contributed by atoms with Crippen molar-refractivity contribution in [2.24, 2.45) is 0 Å². The van der Waals surface area contributed by atoms with Crippen LogP contribution in [0, 0.1) is 13.8 Å². The van der Waals surface area contributed by atoms with Gasteiger partial charge in [-0.3, -0.25) is 4.79 Å². The summed E-state index contributed by atoms with van der Waals surface area (Å²) in [6.07, 6.45) is 0.0927. The molecule has 2 aromatic carbocycles. The quantitative estimate of drug-likeness (QED) is 0.788. The third-order valence-electron chi connectivity index (χ3n) is 3.87. The van der Waals surface area contributed by atoms with E-state index in [4.69, 9.17) is 9.47 Å². The molecule has 1 N–H and O–H groups in total. The van der Waals surface area contributed by atoms with E-state index in [1.165, 1.54) is 5.56 Å². The molecule has 0 aromatic heterocycles. The van der Waals surface area contributed by atoms with E-state index < -0.39 is 6.10 Å². The van der Waals surface area contributed by atoms with Gasteiger partial charge in [-0.05, 0) is 51.5 Å². The first kappa shape index (κ1) is 18.8. The molecule has 2 aromatic rings. The Labute approximate surface area is 150 Å². The molecule has 0 aliphatic rings. The summed E-state index contributed by atoms with van der Waals surface area (Å²) in [6, 6.07) is 15.5. The van der Waals surface area contributed by atoms with Crippen LogP contribution >= 0.6 is 0 Å². The lowest BCUT2D eigenvalue weighted by atomic mass is 10.2. The highest BCUT2D eigenvalue weighted by molar-refractivity contribution is 5.81. The maximum Gasteiger partial charge on any atom is 0.261 e. The van der Waals surface area contributed by atoms with Crippen LogP contribution in [0.2, 0.25) is 0 Å². The van der Waals surface area contributed by atoms with Gasteiger partial charge in [-0.1, -0.05) is 42.3 Å². The third kappa shape index (κ3) is 6.14. The van der Waals surface area contributed by atoms with E-state index in [2.05, 4.69) is 5.32 Å². The molecule has 4 heteroatoms. The van der Waals surface area contributed by atoms with Gasteiger partial charge in [0.25, 0.3) is 5.91 Å². The highest BCUT2D eigenvalue weighted by Crippen LogP contribution is 2.15. The van der Waals surface area contributed by atoms with Crippen LogP contribution in [0.3, 0.4) is 0 Å². The summed E-state index contributed by atoms with van der Waals surface area (Å²) in [5.74, 6) is 1.38. The van der Waals surface area contributed by atoms with Crippen LogP contribution in [0.25, 0.3) is 0 Å². The summed E-state index contributed by atoms with van der Waals surface area (Å²) in [4.78, 5) is 12.4. The molecular formula is C21H27NO3. The molecule has 0 saturated heterocycles. The van der Waals surface area contributed by atoms with Crippen LogP contribution in [0.4, 0.5) is 0 Å². The molecule has 0 fully saturated rings. The van der Waals surface area contributed by atoms with E-state index in [1.807, 2.05) is 76.2 Å². The Bertz CT molecular complexity index is 665. The number of nitrogens with one attached hydrogen (secondary N) is 1. The number of hydrogen-bond donors (Lipinski definition) is 1. The summed E-state index contributed by atoms with van der Waals surface area (Å²) < 4.78 is 11.5. The fourth-order valence-electron chi connectivity index (χ4n) is 2.34. The van der Waals surface area contributed by atoms with E-state index in [0.717, 1.165) is 11.3 Å². The van der Waals surface area contributed by atoms with Crippen LogP contribution in [-0.2, 0) is 4.79 Å². The van der Waals surface area contributed by atoms with Gasteiger partial charge in [0.1, 0.15) is 18.1 Å². The fraction of sp³-hybridized carbons (Fsp3) is 0.381. The number of amides is 1. The smallest absolute Gasteiger partial charge is 0.261 e. The predicted octanol–water partition coefficient (Wildman–Crippen LogP) is 4.04. The predicted molar refractivity (Wildman–Crippen MR) is 100 cm³/mol. The lowest BCUT2D eigenvalue weighted by Crippen LogP contribution is -2.44. The van der Waals surface area contributed by atoms with Gasteiger partial charge < -0.3 is 14.8 Å². The molecule has 2 atom stereocenters. The third-order valence-corrected chi connectivity index (χ3v) is 3.87. The Kier molecular flexibility index (Phi) is 6.87. The van der Waals surface area contributed by atoms with Crippen molar-refractivity contribution in [2.45, 2.75) is 46.3 Å². The molecule has 25 heavy (non-hydrogen) atoms. The van der Waals surface area contributed by atoms with Crippen molar-refractivity contribution in [3.8, 4) is 11.5 Å². The van der Waals surface area contributed by atoms with Crippen LogP contribution in [0.1, 0.15) is 31.4 Å². The van der Waals surface area contributed by atoms with E-state index in [-0.39, 0.29) is 11.9 Å². The highest BCUT2D eigenvalue weighted by atomic mass is 16.5. The molecule has 0 radical (unpaired) electrons. The van der Waals surface area contributed by atoms with Crippen molar-refractivity contribution in [1.29, 1.82) is 0 Å². The normalized spacial score (nSPS) is 13.0. The fourth-order valence-corrected chi connectivity index (χ4v) is 2.34. The van der Waals surface area contributed by atoms with E-state index in [0.29, 0.717) is 18.8 Å². The Morgan fingerprint density at radius 2 is 1.48 bits per heavy atom. The second-order valence-electron chi connectivity index (χ2n) is 6.36. The monoisotopic (exact) mass is 341 g/mol. The first-order chi connectivity index (χ1) is 12.0. The summed E-state index contributed by atoms with van der Waals surface area (Å²) in [5, 5.41) is 2.96. The van der Waals surface area contributed by atoms with Gasteiger partial charge in [-0.25, -0.2) is 0 Å². The molecule has 0 saturated carbocycles. The zero-order valence-electron chi connectivity index (χ0n) is 15.4. The van der Waals surface area contributed by atoms with Crippen molar-refractivity contribution in [3.05, 3.63) is 59.7 Å². The van der Waals surface area contributed by atoms with Gasteiger partial charge in [0.15, 0.2) is 6.10 Å². The standard InChI is InChI=1S/C21H27NO3/c1-5-20(25-19-12-8-16(3)9-13-19)21(23)22-17(4)14-24-18-10-6-15(2)7-11-18/h6-13,17,20H,5,14H2,1-4H3,(H,22,23)/t17-,20-/m1/s1. The van der Waals surface area contributed by atoms with Crippen molar-refractivity contribution >= 4 is 5.91 Å². The van der Waals surface area contributed by atoms with Gasteiger partial charge in [0, 0.05) is 0 Å². The average molecular weight is 341 g/mol. The Morgan fingerprint density at radius 1 is 0.960 bits per heavy atom. The molecule has 0 aliphatic heterocycles. The van der Waals surface area contributed by atoms with Crippen LogP contribution < -0.4 is 14.8 Å². The van der Waals surface area contributed by atoms with Gasteiger partial charge in [-0.2, -0.15) is 0 Å². The summed E-state index contributed by atoms with van der Waals surface area (Å²) in [7, 11) is 0. The van der Waals surface area contributed by atoms with E-state index in [1.54, 1.807) is 0 Å². The zero-order chi connectivity index (χ0) is 18.2. The SMILES string of the molecule is CC[C@@H](Oc1ccc(C)cc1)C(=O)N[C@H](C)COc1ccc(C)cc1. The highest BCUT2D eigenvalue weighted by Gasteiger charge is 2.20. The van der Waals surface area contributed by atoms with Crippen molar-refractivity contribution in [3.63, 3.8) is 0 Å². The second-order valence-corrected chi connectivity index (χ2v) is 6.36. The molecule has 2 rings (SSSR count). The summed E-state index contributed by atoms with van der Waals surface area (Å²) in [6.45, 7) is 8.32. The second kappa shape index (κ2) is 9.11. The lowest BCUT2D eigenvalue weighted by molar-refractivity contribution is -0.128. The molecule has 134 valence electrons. The maximum absolute atomic E-state index is 12.4. The van der Waals surface area contributed by atoms with Crippen molar-refractivity contribution < 1.29 is 14.3 Å². The Morgan fingerprint density at radius 3 is 2.00 bits per heavy atom. The molecule has 0 unspecified atom stereocenters. The first-order valence-electron chi connectivity index (χ1n) is 8.71. The van der Waals surface area contributed by atoms with Crippen LogP contribution in [-0.4, -0.2) is 24.7 Å². The first-order valence-corrected chi connectivity index (χ1v) is 8.71. The number of hydrogen-bond acceptors (Lipinski definition) is 3. The van der Waals surface area contributed by atoms with Crippen LogP contribution in [0.5, 0.6) is 11.5 Å². The molecule has 0 bridgehead atoms. The number of carbonyl (C=O) groups is 1. The molecule has 0 spiro atoms. The number of aryl methyl sites for hydroxylation is 2. The molecule has 1 amide bonds. The zero-order valence-corrected chi connectivity index (χ0v) is 15.4. The number of rotatable bonds is 8. The Hall–Kier alpha value is -2.49. The van der Waals surface area contributed by atoms with Gasteiger partial charge in [0.05, 0.1) is 6.04 Å². The van der Waals surface area contributed by atoms with Gasteiger partial charge in [-0.15, -0.1) is 0 Å². The minimum Gasteiger partial charge on any atom is -0.491 e. The molecule has 4 nitrogen and oxygen atoms in total. The number of carbonyl (C=O) groups excluding carboxylic acids is 1. The van der Waals surface area contributed by atoms with Crippen molar-refractivity contribution in [2.75, 3.05) is 6.61 Å². The summed E-state index contributed by atoms with van der Waals surface area (Å²) in [5.41, 5.74) is 2.35. The van der Waals surface area contributed by atoms with Crippen molar-refractivity contribution in [1.82, 2.24) is 5.32 Å². The van der Waals surface area contributed by atoms with E-state index >= 15 is 0 Å². The minimum atomic E-state index is -0.510. The topological polar surface area (TPSA) is 47.6 Å². The van der Waals surface area contributed by atoms with E-state index in [9.17, 15) is 4.79 Å². The maximum atomic E-state index is 12.4. The Balaban J connectivity index is 1.83. The molecule has 0 heterocycles. The molecule has 0 aliphatic carbocycles. The average Bonchev–Trinajstić information content (AvgIpc) is 2.60.